The number of ether oxygens (including phenoxy) is 1. The molecule has 42 heavy (non-hydrogen) atoms. The number of nitrogens with zero attached hydrogens (tertiary/aromatic N) is 5. The van der Waals surface area contributed by atoms with Gasteiger partial charge in [-0.25, -0.2) is 13.8 Å². The van der Waals surface area contributed by atoms with E-state index in [1.54, 1.807) is 29.0 Å². The molecule has 0 amide bonds. The van der Waals surface area contributed by atoms with Crippen LogP contribution in [0.15, 0.2) is 48.7 Å². The number of pyridine rings is 1. The highest BCUT2D eigenvalue weighted by Gasteiger charge is 2.21. The van der Waals surface area contributed by atoms with Crippen LogP contribution < -0.4 is 10.1 Å². The molecule has 1 aliphatic rings. The molecule has 1 fully saturated rings. The number of aromatic nitrogens is 3. The van der Waals surface area contributed by atoms with Gasteiger partial charge in [-0.15, -0.1) is 0 Å². The number of nitrogens with one attached hydrogen (secondary N) is 1. The third kappa shape index (κ3) is 6.77. The molecule has 1 saturated heterocycles. The third-order valence-corrected chi connectivity index (χ3v) is 7.75. The zero-order chi connectivity index (χ0) is 30.0. The molecule has 1 N–H and O–H groups in total. The Hall–Kier alpha value is -3.89. The molecule has 3 heterocycles. The molecule has 4 aromatic rings. The monoisotopic (exact) mass is 576 g/mol. The first-order valence-electron chi connectivity index (χ1n) is 14.4. The third-order valence-electron chi connectivity index (χ3n) is 7.75. The second-order valence-electron chi connectivity index (χ2n) is 11.5. The lowest BCUT2D eigenvalue weighted by molar-refractivity contribution is -0.120. The van der Waals surface area contributed by atoms with Gasteiger partial charge in [0.25, 0.3) is 0 Å². The Labute approximate surface area is 245 Å². The van der Waals surface area contributed by atoms with Crippen LogP contribution in [-0.4, -0.2) is 68.9 Å². The molecule has 1 aliphatic heterocycles. The van der Waals surface area contributed by atoms with E-state index >= 15 is 0 Å². The number of hydrogen-bond acceptors (Lipinski definition) is 7. The van der Waals surface area contributed by atoms with Gasteiger partial charge in [-0.2, -0.15) is 0 Å². The maximum Gasteiger partial charge on any atom is 0.208 e. The van der Waals surface area contributed by atoms with E-state index in [0.717, 1.165) is 37.8 Å². The van der Waals surface area contributed by atoms with E-state index in [1.807, 2.05) is 33.0 Å². The van der Waals surface area contributed by atoms with E-state index in [9.17, 15) is 13.6 Å². The predicted octanol–water partition coefficient (Wildman–Crippen LogP) is 6.04. The molecule has 10 heteroatoms. The van der Waals surface area contributed by atoms with E-state index < -0.39 is 11.6 Å². The molecule has 0 bridgehead atoms. The van der Waals surface area contributed by atoms with Gasteiger partial charge < -0.3 is 14.6 Å². The standard InChI is InChI=1S/C32H38F2N6O2/c1-20(2)26-17-29(28(34)18-27(26)33)36-32-37-30-16-24(6-7-31(30)38(32)5)42-25-8-9-35-22(15-25)14-23(41)19-39-10-12-40(13-11-39)21(3)4/h6-9,15-18,20-21H,10-14,19H2,1-5H3,(H,36,37). The highest BCUT2D eigenvalue weighted by Crippen LogP contribution is 2.31. The lowest BCUT2D eigenvalue weighted by Crippen LogP contribution is -2.50. The van der Waals surface area contributed by atoms with Crippen molar-refractivity contribution in [3.63, 3.8) is 0 Å². The summed E-state index contributed by atoms with van der Waals surface area (Å²) in [6.07, 6.45) is 1.89. The second kappa shape index (κ2) is 12.5. The normalized spacial score (nSPS) is 14.7. The number of halogens is 2. The molecular weight excluding hydrogens is 538 g/mol. The fourth-order valence-electron chi connectivity index (χ4n) is 5.28. The number of aryl methyl sites for hydroxylation is 1. The van der Waals surface area contributed by atoms with Crippen molar-refractivity contribution in [3.05, 3.63) is 71.6 Å². The molecule has 0 radical (unpaired) electrons. The summed E-state index contributed by atoms with van der Waals surface area (Å²) in [5.74, 6) is 0.333. The van der Waals surface area contributed by atoms with E-state index in [4.69, 9.17) is 4.74 Å². The lowest BCUT2D eigenvalue weighted by atomic mass is 10.0. The van der Waals surface area contributed by atoms with Crippen molar-refractivity contribution in [1.82, 2.24) is 24.3 Å². The molecule has 0 unspecified atom stereocenters. The molecule has 5 rings (SSSR count). The van der Waals surface area contributed by atoms with Crippen LogP contribution in [-0.2, 0) is 18.3 Å². The molecule has 222 valence electrons. The van der Waals surface area contributed by atoms with Gasteiger partial charge >= 0.3 is 0 Å². The Morgan fingerprint density at radius 1 is 0.976 bits per heavy atom. The maximum absolute atomic E-state index is 14.6. The van der Waals surface area contributed by atoms with Crippen molar-refractivity contribution >= 4 is 28.5 Å². The van der Waals surface area contributed by atoms with Crippen molar-refractivity contribution in [2.45, 2.75) is 46.1 Å². The van der Waals surface area contributed by atoms with Crippen molar-refractivity contribution in [2.24, 2.45) is 7.05 Å². The van der Waals surface area contributed by atoms with Crippen molar-refractivity contribution < 1.29 is 18.3 Å². The van der Waals surface area contributed by atoms with Gasteiger partial charge in [-0.1, -0.05) is 13.8 Å². The number of benzene rings is 2. The van der Waals surface area contributed by atoms with Crippen LogP contribution in [0, 0.1) is 11.6 Å². The zero-order valence-corrected chi connectivity index (χ0v) is 24.8. The maximum atomic E-state index is 14.6. The van der Waals surface area contributed by atoms with E-state index in [-0.39, 0.29) is 23.8 Å². The number of anilines is 2. The average Bonchev–Trinajstić information content (AvgIpc) is 3.24. The predicted molar refractivity (Wildman–Crippen MR) is 161 cm³/mol. The van der Waals surface area contributed by atoms with Crippen LogP contribution in [0.4, 0.5) is 20.4 Å². The largest absolute Gasteiger partial charge is 0.457 e. The molecule has 8 nitrogen and oxygen atoms in total. The minimum absolute atomic E-state index is 0.0937. The highest BCUT2D eigenvalue weighted by atomic mass is 19.1. The first kappa shape index (κ1) is 29.6. The SMILES string of the molecule is CC(C)c1cc(Nc2nc3cc(Oc4ccnc(CC(=O)CN5CCN(C(C)C)CC5)c4)ccc3n2C)c(F)cc1F. The van der Waals surface area contributed by atoms with Gasteiger partial charge in [-0.3, -0.25) is 19.6 Å². The summed E-state index contributed by atoms with van der Waals surface area (Å²) in [5.41, 5.74) is 2.70. The number of rotatable bonds is 10. The quantitative estimate of drug-likeness (QED) is 0.247. The smallest absolute Gasteiger partial charge is 0.208 e. The average molecular weight is 577 g/mol. The summed E-state index contributed by atoms with van der Waals surface area (Å²) < 4.78 is 36.6. The van der Waals surface area contributed by atoms with E-state index in [0.29, 0.717) is 46.8 Å². The fourth-order valence-corrected chi connectivity index (χ4v) is 5.28. The van der Waals surface area contributed by atoms with Crippen molar-refractivity contribution in [1.29, 1.82) is 0 Å². The van der Waals surface area contributed by atoms with Crippen LogP contribution in [0.3, 0.4) is 0 Å². The van der Waals surface area contributed by atoms with Crippen molar-refractivity contribution in [3.8, 4) is 11.5 Å². The Morgan fingerprint density at radius 3 is 2.43 bits per heavy atom. The summed E-state index contributed by atoms with van der Waals surface area (Å²) in [4.78, 5) is 26.4. The van der Waals surface area contributed by atoms with E-state index in [1.165, 1.54) is 6.07 Å². The van der Waals surface area contributed by atoms with Gasteiger partial charge in [0, 0.05) is 63.7 Å². The Bertz CT molecular complexity index is 1580. The molecule has 0 spiro atoms. The van der Waals surface area contributed by atoms with Gasteiger partial charge in [0.1, 0.15) is 23.1 Å². The van der Waals surface area contributed by atoms with Crippen LogP contribution in [0.25, 0.3) is 11.0 Å². The Kier molecular flexibility index (Phi) is 8.84. The highest BCUT2D eigenvalue weighted by molar-refractivity contribution is 5.83. The lowest BCUT2D eigenvalue weighted by Gasteiger charge is -2.36. The second-order valence-corrected chi connectivity index (χ2v) is 11.5. The Balaban J connectivity index is 1.25. The van der Waals surface area contributed by atoms with Crippen LogP contribution in [0.1, 0.15) is 44.9 Å². The number of carbonyl (C=O) groups is 1. The summed E-state index contributed by atoms with van der Waals surface area (Å²) in [7, 11) is 1.82. The van der Waals surface area contributed by atoms with Crippen LogP contribution in [0.2, 0.25) is 0 Å². The number of imidazole rings is 1. The van der Waals surface area contributed by atoms with Gasteiger partial charge in [0.05, 0.1) is 35.4 Å². The van der Waals surface area contributed by atoms with Crippen LogP contribution in [0.5, 0.6) is 11.5 Å². The zero-order valence-electron chi connectivity index (χ0n) is 24.8. The number of piperazine rings is 1. The molecule has 2 aromatic heterocycles. The summed E-state index contributed by atoms with van der Waals surface area (Å²) in [5, 5.41) is 3.01. The first-order valence-corrected chi connectivity index (χ1v) is 14.4. The Morgan fingerprint density at radius 2 is 1.71 bits per heavy atom. The van der Waals surface area contributed by atoms with Crippen LogP contribution >= 0.6 is 0 Å². The van der Waals surface area contributed by atoms with Gasteiger partial charge in [0.15, 0.2) is 5.78 Å². The summed E-state index contributed by atoms with van der Waals surface area (Å²) in [6, 6.07) is 11.9. The topological polar surface area (TPSA) is 75.5 Å². The number of hydrogen-bond donors (Lipinski definition) is 1. The minimum atomic E-state index is -0.686. The minimum Gasteiger partial charge on any atom is -0.457 e. The number of fused-ring (bicyclic) bond motifs is 1. The van der Waals surface area contributed by atoms with E-state index in [2.05, 4.69) is 38.9 Å². The molecule has 2 aromatic carbocycles. The molecule has 0 aliphatic carbocycles. The first-order chi connectivity index (χ1) is 20.1. The molecule has 0 atom stereocenters. The van der Waals surface area contributed by atoms with Gasteiger partial charge in [-0.05, 0) is 49.6 Å². The molecule has 0 saturated carbocycles. The fraction of sp³-hybridized carbons (Fsp3) is 0.406. The summed E-state index contributed by atoms with van der Waals surface area (Å²) in [6.45, 7) is 12.3. The van der Waals surface area contributed by atoms with Crippen molar-refractivity contribution in [2.75, 3.05) is 38.0 Å². The molecular formula is C32H38F2N6O2. The number of carbonyl (C=O) groups excluding carboxylic acids is 1. The number of ketones is 1. The number of Topliss-reactive ketones (excluding diaryl/α,β-unsaturated/α-hetero) is 1. The van der Waals surface area contributed by atoms with Gasteiger partial charge in [0.2, 0.25) is 5.95 Å². The summed E-state index contributed by atoms with van der Waals surface area (Å²) >= 11 is 0.